The number of hydrogen-bond acceptors (Lipinski definition) is 15. The zero-order chi connectivity index (χ0) is 98.3. The molecule has 28 rings (SSSR count). The number of para-hydroxylation sites is 3. The third kappa shape index (κ3) is 16.9. The molecule has 0 radical (unpaired) electrons. The van der Waals surface area contributed by atoms with Gasteiger partial charge in [0.05, 0.1) is 50.7 Å². The number of halogens is 1. The van der Waals surface area contributed by atoms with E-state index in [0.29, 0.717) is 52.4 Å². The molecule has 148 heavy (non-hydrogen) atoms. The van der Waals surface area contributed by atoms with Crippen LogP contribution in [0.15, 0.2) is 497 Å². The monoisotopic (exact) mass is 1960 g/mol. The third-order valence-corrected chi connectivity index (χ3v) is 27.5. The summed E-state index contributed by atoms with van der Waals surface area (Å²) in [6.07, 6.45) is 8.36. The van der Waals surface area contributed by atoms with Crippen LogP contribution in [-0.4, -0.2) is 88.0 Å². The quantitative estimate of drug-likeness (QED) is 0.0825. The van der Waals surface area contributed by atoms with Crippen LogP contribution in [0.1, 0.15) is 0 Å². The van der Waals surface area contributed by atoms with E-state index in [2.05, 4.69) is 284 Å². The van der Waals surface area contributed by atoms with Gasteiger partial charge in [0.25, 0.3) is 0 Å². The normalized spacial score (nSPS) is 11.4. The maximum atomic E-state index is 5.48. The number of aromatic nitrogens is 18. The van der Waals surface area contributed by atoms with Crippen LogP contribution in [-0.2, 0) is 0 Å². The van der Waals surface area contributed by atoms with Gasteiger partial charge in [0.1, 0.15) is 27.2 Å². The Hall–Kier alpha value is -19.9. The van der Waals surface area contributed by atoms with Gasteiger partial charge < -0.3 is 4.40 Å². The molecule has 0 bridgehead atoms. The maximum absolute atomic E-state index is 5.48. The van der Waals surface area contributed by atoms with Crippen molar-refractivity contribution in [3.05, 3.63) is 497 Å². The van der Waals surface area contributed by atoms with Crippen LogP contribution in [0.3, 0.4) is 0 Å². The number of pyridine rings is 6. The molecule has 0 spiro atoms. The molecule has 0 saturated carbocycles. The van der Waals surface area contributed by atoms with Gasteiger partial charge in [0.15, 0.2) is 52.4 Å². The largest absolute Gasteiger partial charge is 0.306 e. The Balaban J connectivity index is 0.000000113. The van der Waals surface area contributed by atoms with Gasteiger partial charge in [-0.15, -0.1) is 0 Å². The van der Waals surface area contributed by atoms with Gasteiger partial charge in [0, 0.05) is 162 Å². The average Bonchev–Trinajstić information content (AvgIpc) is 1.56. The molecule has 0 saturated heterocycles. The summed E-state index contributed by atoms with van der Waals surface area (Å²) in [5.41, 5.74) is 27.6. The van der Waals surface area contributed by atoms with Gasteiger partial charge in [0.2, 0.25) is 0 Å². The molecule has 0 aliphatic rings. The minimum absolute atomic E-state index is 0.612. The topological polar surface area (TPSA) is 207 Å². The summed E-state index contributed by atoms with van der Waals surface area (Å²) in [5, 5.41) is 9.64. The van der Waals surface area contributed by atoms with Crippen LogP contribution < -0.4 is 0 Å². The van der Waals surface area contributed by atoms with Gasteiger partial charge in [-0.25, -0.2) is 74.8 Å². The fraction of sp³-hybridized carbons (Fsp3) is 0. The van der Waals surface area contributed by atoms with Crippen LogP contribution in [0.2, 0.25) is 0 Å². The number of fused-ring (bicyclic) bond motifs is 15. The molecule has 0 fully saturated rings. The predicted octanol–water partition coefficient (Wildman–Crippen LogP) is 31.1. The maximum Gasteiger partial charge on any atom is 0.164 e. The Kier molecular flexibility index (Phi) is 23.0. The van der Waals surface area contributed by atoms with E-state index < -0.39 is 0 Å². The zero-order valence-corrected chi connectivity index (χ0v) is 80.8. The first kappa shape index (κ1) is 88.3. The Morgan fingerprint density at radius 3 is 0.709 bits per heavy atom. The summed E-state index contributed by atoms with van der Waals surface area (Å²) in [5.74, 6) is 5.66. The van der Waals surface area contributed by atoms with Crippen LogP contribution in [0, 0.1) is 0 Å². The second-order valence-electron chi connectivity index (χ2n) is 35.9. The number of rotatable bonds is 16. The van der Waals surface area contributed by atoms with Gasteiger partial charge in [-0.05, 0) is 52.3 Å². The van der Waals surface area contributed by atoms with Crippen LogP contribution in [0.5, 0.6) is 0 Å². The molecular weight excluding hydrogens is 1880 g/mol. The van der Waals surface area contributed by atoms with Crippen molar-refractivity contribution in [2.75, 3.05) is 0 Å². The van der Waals surface area contributed by atoms with E-state index in [-0.39, 0.29) is 0 Å². The van der Waals surface area contributed by atoms with Crippen LogP contribution in [0.25, 0.3) is 263 Å². The van der Waals surface area contributed by atoms with E-state index in [0.717, 1.165) is 215 Å². The van der Waals surface area contributed by atoms with Gasteiger partial charge >= 0.3 is 0 Å². The summed E-state index contributed by atoms with van der Waals surface area (Å²) >= 11 is 3.89. The lowest BCUT2D eigenvalue weighted by Gasteiger charge is -2.12. The van der Waals surface area contributed by atoms with Crippen LogP contribution in [0.4, 0.5) is 0 Å². The van der Waals surface area contributed by atoms with Crippen molar-refractivity contribution in [3.8, 4) is 181 Å². The minimum atomic E-state index is 0.612. The molecule has 0 amide bonds. The molecule has 19 heteroatoms. The molecule has 0 atom stereocenters. The van der Waals surface area contributed by atoms with Crippen molar-refractivity contribution in [2.24, 2.45) is 0 Å². The van der Waals surface area contributed by atoms with Crippen molar-refractivity contribution < 1.29 is 0 Å². The molecule has 694 valence electrons. The van der Waals surface area contributed by atoms with Gasteiger partial charge in [-0.3, -0.25) is 8.80 Å². The fourth-order valence-electron chi connectivity index (χ4n) is 19.5. The number of nitrogens with zero attached hydrogens (tertiary/aromatic N) is 18. The van der Waals surface area contributed by atoms with Gasteiger partial charge in [-0.1, -0.05) is 431 Å². The molecule has 12 heterocycles. The Labute approximate surface area is 857 Å². The second-order valence-corrected chi connectivity index (χ2v) is 36.6. The Bertz CT molecular complexity index is 9680. The molecular formula is C129H81BrN18. The van der Waals surface area contributed by atoms with E-state index in [4.69, 9.17) is 74.8 Å². The van der Waals surface area contributed by atoms with E-state index in [1.54, 1.807) is 0 Å². The first-order valence-electron chi connectivity index (χ1n) is 48.8. The van der Waals surface area contributed by atoms with E-state index in [9.17, 15) is 0 Å². The smallest absolute Gasteiger partial charge is 0.164 e. The van der Waals surface area contributed by atoms with Crippen molar-refractivity contribution in [1.82, 2.24) is 88.0 Å². The molecule has 18 nitrogen and oxygen atoms in total. The van der Waals surface area contributed by atoms with Crippen molar-refractivity contribution in [3.63, 3.8) is 0 Å². The summed E-state index contributed by atoms with van der Waals surface area (Å²) in [4.78, 5) is 75.2. The highest BCUT2D eigenvalue weighted by Gasteiger charge is 2.27. The van der Waals surface area contributed by atoms with Gasteiger partial charge in [-0.2, -0.15) is 0 Å². The molecule has 28 aromatic rings. The highest BCUT2D eigenvalue weighted by molar-refractivity contribution is 9.10. The lowest BCUT2D eigenvalue weighted by atomic mass is 10.0. The average molecular weight is 1960 g/mol. The SMILES string of the molecule is Brc1c(-c2ccc(-c3nc(-c4ccccc4)nc(-c4ccccc4)n3)cc2)nc2c3c(ccn12)c(-c1ccccc1)nc1ccccc13.c1ccc(-c2nc(-c3ccccc3)nc(-c3ccc(-c4cn5ccc6c(-c7ccccc7)nc7ccccc7c6c5n4)cc3)n2)cc1.c1ccc(-c2nc(-c3ccccc3)nc(-c3ccc(-c4nc5c6c(ccn5c4-c4ccccc4)c(-c4ccccc4)nc4ccccc46)cc3)n2)cc1. The Morgan fingerprint density at radius 2 is 0.385 bits per heavy atom. The third-order valence-electron chi connectivity index (χ3n) is 26.7. The standard InChI is InChI=1S/C47H30N6.C41H25BrN6.C41H26N6/c1-5-15-31(16-6-1)41-38-29-30-53-43(33-17-7-2-8-18-33)42(49-47(53)40(38)37-23-13-14-24-39(37)48-41)32-25-27-36(28-26-32)46-51-44(34-19-9-3-10-20-34)50-45(52-46)35-21-11-4-12-22-35;42-37-36(44-41-34-31-18-10-11-19-33(31)43-35(26-12-4-1-5-13-26)32(34)24-25-48(37)41)27-20-22-30(23-21-27)40-46-38(28-14-6-2-7-15-28)45-39(47-40)29-16-8-3-9-17-29;1-4-12-28(13-5-1)37-33-24-25-47-26-35(43-41(47)36(33)32-18-10-11-19-34(32)42-37)27-20-22-31(23-21-27)40-45-38(29-14-6-2-7-15-29)44-39(46-40)30-16-8-3-9-17-30/h1-30H;1-25H;1-26H. The molecule has 0 aliphatic carbocycles. The summed E-state index contributed by atoms with van der Waals surface area (Å²) in [6, 6.07) is 158. The Morgan fingerprint density at radius 1 is 0.155 bits per heavy atom. The molecule has 0 aliphatic heterocycles. The minimum Gasteiger partial charge on any atom is -0.306 e. The fourth-order valence-corrected chi connectivity index (χ4v) is 20.1. The first-order chi connectivity index (χ1) is 73.3. The highest BCUT2D eigenvalue weighted by Crippen LogP contribution is 2.45. The van der Waals surface area contributed by atoms with E-state index >= 15 is 0 Å². The number of hydrogen-bond donors (Lipinski definition) is 0. The molecule has 0 unspecified atom stereocenters. The molecule has 16 aromatic carbocycles. The summed E-state index contributed by atoms with van der Waals surface area (Å²) < 4.78 is 7.33. The highest BCUT2D eigenvalue weighted by atomic mass is 79.9. The summed E-state index contributed by atoms with van der Waals surface area (Å²) in [7, 11) is 0. The van der Waals surface area contributed by atoms with Crippen molar-refractivity contribution in [1.29, 1.82) is 0 Å². The second kappa shape index (κ2) is 38.5. The lowest BCUT2D eigenvalue weighted by molar-refractivity contribution is 1.07. The summed E-state index contributed by atoms with van der Waals surface area (Å²) in [6.45, 7) is 0. The van der Waals surface area contributed by atoms with E-state index in [1.807, 2.05) is 237 Å². The lowest BCUT2D eigenvalue weighted by Crippen LogP contribution is -2.00. The number of benzene rings is 16. The molecule has 12 aromatic heterocycles. The van der Waals surface area contributed by atoms with Crippen LogP contribution >= 0.6 is 15.9 Å². The molecule has 0 N–H and O–H groups in total. The van der Waals surface area contributed by atoms with Crippen molar-refractivity contribution >= 4 is 97.9 Å². The van der Waals surface area contributed by atoms with E-state index in [1.165, 1.54) is 0 Å². The predicted molar refractivity (Wildman–Crippen MR) is 599 cm³/mol. The number of imidazole rings is 3. The van der Waals surface area contributed by atoms with Crippen molar-refractivity contribution in [2.45, 2.75) is 0 Å². The first-order valence-corrected chi connectivity index (χ1v) is 49.5. The zero-order valence-electron chi connectivity index (χ0n) is 79.2.